The number of rotatable bonds is 7. The van der Waals surface area contributed by atoms with Crippen LogP contribution in [-0.2, 0) is 16.4 Å². The van der Waals surface area contributed by atoms with E-state index in [2.05, 4.69) is 20.3 Å². The number of sulfonamides is 1. The molecule has 0 fully saturated rings. The Balaban J connectivity index is 1.79. The van der Waals surface area contributed by atoms with Crippen LogP contribution in [0.25, 0.3) is 0 Å². The first-order valence-electron chi connectivity index (χ1n) is 7.53. The molecular weight excluding hydrogens is 328 g/mol. The second-order valence-corrected chi connectivity index (χ2v) is 7.09. The smallest absolute Gasteiger partial charge is 0.319 e. The standard InChI is InChI=1S/C16H20N4O3S/c1-2-24(22,23)20-15-7-5-14(6-8-15)19-16(21)18-11-9-13-4-3-10-17-12-13/h3-8,10,12,20H,2,9,11H2,1H3,(H2,18,19,21). The molecular formula is C16H20N4O3S. The lowest BCUT2D eigenvalue weighted by molar-refractivity contribution is 0.252. The van der Waals surface area contributed by atoms with Crippen LogP contribution in [0.3, 0.4) is 0 Å². The number of anilines is 2. The topological polar surface area (TPSA) is 100 Å². The van der Waals surface area contributed by atoms with Gasteiger partial charge < -0.3 is 10.6 Å². The van der Waals surface area contributed by atoms with E-state index >= 15 is 0 Å². The molecule has 128 valence electrons. The zero-order chi connectivity index (χ0) is 17.4. The molecule has 3 N–H and O–H groups in total. The lowest BCUT2D eigenvalue weighted by Gasteiger charge is -2.09. The summed E-state index contributed by atoms with van der Waals surface area (Å²) in [6.45, 7) is 2.06. The molecule has 8 heteroatoms. The van der Waals surface area contributed by atoms with Crippen molar-refractivity contribution in [3.63, 3.8) is 0 Å². The number of hydrogen-bond acceptors (Lipinski definition) is 4. The van der Waals surface area contributed by atoms with Crippen molar-refractivity contribution in [3.05, 3.63) is 54.4 Å². The maximum Gasteiger partial charge on any atom is 0.319 e. The molecule has 0 aliphatic heterocycles. The Morgan fingerprint density at radius 2 is 1.83 bits per heavy atom. The second-order valence-electron chi connectivity index (χ2n) is 5.08. The zero-order valence-electron chi connectivity index (χ0n) is 13.3. The largest absolute Gasteiger partial charge is 0.338 e. The van der Waals surface area contributed by atoms with Gasteiger partial charge in [0.15, 0.2) is 0 Å². The first-order chi connectivity index (χ1) is 11.5. The van der Waals surface area contributed by atoms with E-state index in [0.29, 0.717) is 24.3 Å². The lowest BCUT2D eigenvalue weighted by atomic mass is 10.2. The van der Waals surface area contributed by atoms with Gasteiger partial charge in [0.05, 0.1) is 5.75 Å². The summed E-state index contributed by atoms with van der Waals surface area (Å²) in [5, 5.41) is 5.44. The fourth-order valence-corrected chi connectivity index (χ4v) is 2.55. The molecule has 0 radical (unpaired) electrons. The predicted octanol–water partition coefficient (Wildman–Crippen LogP) is 2.21. The van der Waals surface area contributed by atoms with Gasteiger partial charge in [-0.05, 0) is 49.2 Å². The molecule has 2 aromatic rings. The minimum Gasteiger partial charge on any atom is -0.338 e. The van der Waals surface area contributed by atoms with Gasteiger partial charge in [-0.15, -0.1) is 0 Å². The van der Waals surface area contributed by atoms with Crippen LogP contribution in [0.5, 0.6) is 0 Å². The summed E-state index contributed by atoms with van der Waals surface area (Å²) in [6.07, 6.45) is 4.16. The first-order valence-corrected chi connectivity index (χ1v) is 9.18. The van der Waals surface area contributed by atoms with Crippen molar-refractivity contribution >= 4 is 27.4 Å². The highest BCUT2D eigenvalue weighted by molar-refractivity contribution is 7.92. The van der Waals surface area contributed by atoms with E-state index < -0.39 is 10.0 Å². The summed E-state index contributed by atoms with van der Waals surface area (Å²) in [5.74, 6) is 0.00629. The Bertz CT molecular complexity index is 762. The molecule has 7 nitrogen and oxygen atoms in total. The monoisotopic (exact) mass is 348 g/mol. The van der Waals surface area contributed by atoms with E-state index in [1.54, 1.807) is 43.6 Å². The Morgan fingerprint density at radius 1 is 1.12 bits per heavy atom. The SMILES string of the molecule is CCS(=O)(=O)Nc1ccc(NC(=O)NCCc2cccnc2)cc1. The summed E-state index contributed by atoms with van der Waals surface area (Å²) in [6, 6.07) is 9.94. The Hall–Kier alpha value is -2.61. The fraction of sp³-hybridized carbons (Fsp3) is 0.250. The normalized spacial score (nSPS) is 10.9. The van der Waals surface area contributed by atoms with Crippen LogP contribution < -0.4 is 15.4 Å². The molecule has 2 rings (SSSR count). The number of carbonyl (C=O) groups is 1. The van der Waals surface area contributed by atoms with Crippen molar-refractivity contribution in [2.24, 2.45) is 0 Å². The minimum atomic E-state index is -3.30. The first kappa shape index (κ1) is 17.7. The Kier molecular flexibility index (Phi) is 6.14. The van der Waals surface area contributed by atoms with Gasteiger partial charge in [-0.3, -0.25) is 9.71 Å². The van der Waals surface area contributed by atoms with Gasteiger partial charge in [-0.2, -0.15) is 0 Å². The van der Waals surface area contributed by atoms with Gasteiger partial charge in [0, 0.05) is 30.3 Å². The average Bonchev–Trinajstić information content (AvgIpc) is 2.57. The molecule has 1 heterocycles. The number of nitrogens with zero attached hydrogens (tertiary/aromatic N) is 1. The average molecular weight is 348 g/mol. The van der Waals surface area contributed by atoms with E-state index in [0.717, 1.165) is 5.56 Å². The third kappa shape index (κ3) is 5.88. The maximum atomic E-state index is 11.8. The van der Waals surface area contributed by atoms with Gasteiger partial charge in [-0.25, -0.2) is 13.2 Å². The van der Waals surface area contributed by atoms with Crippen LogP contribution in [0, 0.1) is 0 Å². The second kappa shape index (κ2) is 8.30. The highest BCUT2D eigenvalue weighted by atomic mass is 32.2. The fourth-order valence-electron chi connectivity index (χ4n) is 1.91. The summed E-state index contributed by atoms with van der Waals surface area (Å²) >= 11 is 0. The van der Waals surface area contributed by atoms with Crippen LogP contribution >= 0.6 is 0 Å². The van der Waals surface area contributed by atoms with Crippen molar-refractivity contribution in [1.82, 2.24) is 10.3 Å². The van der Waals surface area contributed by atoms with Gasteiger partial charge in [0.2, 0.25) is 10.0 Å². The number of aromatic nitrogens is 1. The van der Waals surface area contributed by atoms with Gasteiger partial charge in [0.25, 0.3) is 0 Å². The molecule has 0 atom stereocenters. The molecule has 0 saturated carbocycles. The minimum absolute atomic E-state index is 0.00629. The maximum absolute atomic E-state index is 11.8. The van der Waals surface area contributed by atoms with Crippen molar-refractivity contribution in [1.29, 1.82) is 0 Å². The van der Waals surface area contributed by atoms with Crippen molar-refractivity contribution in [2.75, 3.05) is 22.3 Å². The third-order valence-electron chi connectivity index (χ3n) is 3.22. The van der Waals surface area contributed by atoms with Crippen LogP contribution in [-0.4, -0.2) is 31.7 Å². The number of amides is 2. The van der Waals surface area contributed by atoms with E-state index in [9.17, 15) is 13.2 Å². The summed E-state index contributed by atoms with van der Waals surface area (Å²) in [5.41, 5.74) is 2.08. The molecule has 0 unspecified atom stereocenters. The van der Waals surface area contributed by atoms with Gasteiger partial charge in [0.1, 0.15) is 0 Å². The lowest BCUT2D eigenvalue weighted by Crippen LogP contribution is -2.30. The molecule has 0 bridgehead atoms. The van der Waals surface area contributed by atoms with Crippen molar-refractivity contribution < 1.29 is 13.2 Å². The predicted molar refractivity (Wildman–Crippen MR) is 94.5 cm³/mol. The van der Waals surface area contributed by atoms with Crippen LogP contribution in [0.2, 0.25) is 0 Å². The third-order valence-corrected chi connectivity index (χ3v) is 4.52. The molecule has 1 aromatic carbocycles. The van der Waals surface area contributed by atoms with Gasteiger partial charge >= 0.3 is 6.03 Å². The zero-order valence-corrected chi connectivity index (χ0v) is 14.1. The van der Waals surface area contributed by atoms with Crippen molar-refractivity contribution in [2.45, 2.75) is 13.3 Å². The van der Waals surface area contributed by atoms with Crippen molar-refractivity contribution in [3.8, 4) is 0 Å². The molecule has 0 saturated heterocycles. The van der Waals surface area contributed by atoms with Gasteiger partial charge in [-0.1, -0.05) is 6.07 Å². The quantitative estimate of drug-likeness (QED) is 0.714. The Morgan fingerprint density at radius 3 is 2.46 bits per heavy atom. The number of hydrogen-bond donors (Lipinski definition) is 3. The highest BCUT2D eigenvalue weighted by Crippen LogP contribution is 2.14. The number of benzene rings is 1. The Labute approximate surface area is 141 Å². The molecule has 1 aromatic heterocycles. The molecule has 0 spiro atoms. The number of carbonyl (C=O) groups excluding carboxylic acids is 1. The number of nitrogens with one attached hydrogen (secondary N) is 3. The van der Waals surface area contributed by atoms with E-state index in [-0.39, 0.29) is 11.8 Å². The van der Waals surface area contributed by atoms with E-state index in [1.165, 1.54) is 0 Å². The molecule has 0 aliphatic rings. The number of urea groups is 1. The summed E-state index contributed by atoms with van der Waals surface area (Å²) in [4.78, 5) is 15.8. The van der Waals surface area contributed by atoms with Crippen LogP contribution in [0.4, 0.5) is 16.2 Å². The van der Waals surface area contributed by atoms with Crippen LogP contribution in [0.1, 0.15) is 12.5 Å². The summed E-state index contributed by atoms with van der Waals surface area (Å²) < 4.78 is 25.4. The van der Waals surface area contributed by atoms with E-state index in [1.807, 2.05) is 12.1 Å². The highest BCUT2D eigenvalue weighted by Gasteiger charge is 2.07. The molecule has 24 heavy (non-hydrogen) atoms. The summed E-state index contributed by atoms with van der Waals surface area (Å²) in [7, 11) is -3.30. The number of pyridine rings is 1. The molecule has 2 amide bonds. The molecule has 0 aliphatic carbocycles. The van der Waals surface area contributed by atoms with E-state index in [4.69, 9.17) is 0 Å². The van der Waals surface area contributed by atoms with Crippen LogP contribution in [0.15, 0.2) is 48.8 Å².